The molecule has 1 aliphatic heterocycles. The summed E-state index contributed by atoms with van der Waals surface area (Å²) < 4.78 is 1.54. The van der Waals surface area contributed by atoms with E-state index in [9.17, 15) is 4.79 Å². The Kier molecular flexibility index (Phi) is 1.93. The number of carboxylic acids is 1. The molecule has 3 heterocycles. The molecule has 0 amide bonds. The van der Waals surface area contributed by atoms with E-state index in [1.165, 1.54) is 11.8 Å². The van der Waals surface area contributed by atoms with Crippen molar-refractivity contribution >= 4 is 17.7 Å². The minimum Gasteiger partial charge on any atom is -0.475 e. The molecule has 3 rings (SSSR count). The zero-order valence-corrected chi connectivity index (χ0v) is 8.81. The predicted octanol–water partition coefficient (Wildman–Crippen LogP) is 0.966. The van der Waals surface area contributed by atoms with Crippen LogP contribution in [-0.2, 0) is 5.75 Å². The Bertz CT molecular complexity index is 581. The highest BCUT2D eigenvalue weighted by Crippen LogP contribution is 2.31. The second kappa shape index (κ2) is 3.31. The summed E-state index contributed by atoms with van der Waals surface area (Å²) in [5.41, 5.74) is 0.786. The molecule has 0 unspecified atom stereocenters. The van der Waals surface area contributed by atoms with Gasteiger partial charge >= 0.3 is 5.97 Å². The molecule has 0 aromatic carbocycles. The van der Waals surface area contributed by atoms with E-state index >= 15 is 0 Å². The van der Waals surface area contributed by atoms with Crippen LogP contribution in [0.2, 0.25) is 0 Å². The zero-order valence-electron chi connectivity index (χ0n) is 7.99. The van der Waals surface area contributed by atoms with Crippen LogP contribution in [0.25, 0.3) is 5.69 Å². The number of thioether (sulfide) groups is 1. The fourth-order valence-corrected chi connectivity index (χ4v) is 2.40. The van der Waals surface area contributed by atoms with Crippen molar-refractivity contribution in [3.05, 3.63) is 30.0 Å². The number of rotatable bonds is 1. The SMILES string of the molecule is O=C(O)c1nc2n(n1)-c1cccnc1SC2. The Morgan fingerprint density at radius 2 is 2.44 bits per heavy atom. The lowest BCUT2D eigenvalue weighted by molar-refractivity contribution is 0.0683. The number of aromatic carboxylic acids is 1. The molecular weight excluding hydrogens is 228 g/mol. The molecule has 0 saturated carbocycles. The summed E-state index contributed by atoms with van der Waals surface area (Å²) in [6.07, 6.45) is 1.70. The molecule has 0 aliphatic carbocycles. The van der Waals surface area contributed by atoms with Crippen molar-refractivity contribution in [1.82, 2.24) is 19.7 Å². The molecule has 1 N–H and O–H groups in total. The fraction of sp³-hybridized carbons (Fsp3) is 0.111. The Morgan fingerprint density at radius 1 is 1.56 bits per heavy atom. The van der Waals surface area contributed by atoms with Crippen LogP contribution in [0.3, 0.4) is 0 Å². The zero-order chi connectivity index (χ0) is 11.1. The monoisotopic (exact) mass is 234 g/mol. The van der Waals surface area contributed by atoms with Gasteiger partial charge in [-0.05, 0) is 12.1 Å². The summed E-state index contributed by atoms with van der Waals surface area (Å²) >= 11 is 1.53. The molecule has 0 radical (unpaired) electrons. The number of carbonyl (C=O) groups is 1. The Hall–Kier alpha value is -1.89. The number of nitrogens with zero attached hydrogens (tertiary/aromatic N) is 4. The average Bonchev–Trinajstić information content (AvgIpc) is 2.73. The maximum Gasteiger partial charge on any atom is 0.375 e. The van der Waals surface area contributed by atoms with E-state index in [0.29, 0.717) is 11.6 Å². The van der Waals surface area contributed by atoms with E-state index in [2.05, 4.69) is 15.1 Å². The highest BCUT2D eigenvalue weighted by Gasteiger charge is 2.22. The van der Waals surface area contributed by atoms with E-state index in [1.54, 1.807) is 16.9 Å². The summed E-state index contributed by atoms with van der Waals surface area (Å²) in [6, 6.07) is 3.63. The predicted molar refractivity (Wildman–Crippen MR) is 55.7 cm³/mol. The first-order valence-corrected chi connectivity index (χ1v) is 5.51. The minimum absolute atomic E-state index is 0.174. The van der Waals surface area contributed by atoms with Crippen LogP contribution < -0.4 is 0 Å². The van der Waals surface area contributed by atoms with Gasteiger partial charge in [-0.15, -0.1) is 5.10 Å². The second-order valence-electron chi connectivity index (χ2n) is 3.18. The average molecular weight is 234 g/mol. The Morgan fingerprint density at radius 3 is 3.25 bits per heavy atom. The third-order valence-electron chi connectivity index (χ3n) is 2.18. The van der Waals surface area contributed by atoms with E-state index in [0.717, 1.165) is 10.7 Å². The first kappa shape index (κ1) is 9.34. The maximum absolute atomic E-state index is 10.8. The number of aromatic nitrogens is 4. The summed E-state index contributed by atoms with van der Waals surface area (Å²) in [5, 5.41) is 13.6. The topological polar surface area (TPSA) is 80.9 Å². The molecule has 2 aromatic heterocycles. The quantitative estimate of drug-likeness (QED) is 0.791. The smallest absolute Gasteiger partial charge is 0.375 e. The molecule has 7 heteroatoms. The molecule has 0 atom stereocenters. The molecule has 0 fully saturated rings. The van der Waals surface area contributed by atoms with Crippen molar-refractivity contribution in [2.24, 2.45) is 0 Å². The van der Waals surface area contributed by atoms with Gasteiger partial charge in [0.2, 0.25) is 0 Å². The van der Waals surface area contributed by atoms with Gasteiger partial charge in [0.05, 0.1) is 11.4 Å². The van der Waals surface area contributed by atoms with Gasteiger partial charge in [0.1, 0.15) is 10.9 Å². The third-order valence-corrected chi connectivity index (χ3v) is 3.17. The van der Waals surface area contributed by atoms with Crippen LogP contribution in [0.4, 0.5) is 0 Å². The van der Waals surface area contributed by atoms with Crippen molar-refractivity contribution < 1.29 is 9.90 Å². The van der Waals surface area contributed by atoms with E-state index in [4.69, 9.17) is 5.11 Å². The van der Waals surface area contributed by atoms with Gasteiger partial charge in [0.25, 0.3) is 5.82 Å². The third kappa shape index (κ3) is 1.28. The van der Waals surface area contributed by atoms with Gasteiger partial charge in [0.15, 0.2) is 0 Å². The van der Waals surface area contributed by atoms with Crippen molar-refractivity contribution in [1.29, 1.82) is 0 Å². The van der Waals surface area contributed by atoms with Gasteiger partial charge in [-0.1, -0.05) is 11.8 Å². The van der Waals surface area contributed by atoms with Crippen molar-refractivity contribution in [3.63, 3.8) is 0 Å². The van der Waals surface area contributed by atoms with Crippen LogP contribution in [0, 0.1) is 0 Å². The fourth-order valence-electron chi connectivity index (χ4n) is 1.51. The van der Waals surface area contributed by atoms with Gasteiger partial charge in [-0.3, -0.25) is 0 Å². The van der Waals surface area contributed by atoms with E-state index < -0.39 is 5.97 Å². The number of pyridine rings is 1. The molecule has 2 aromatic rings. The van der Waals surface area contributed by atoms with Crippen LogP contribution in [-0.4, -0.2) is 30.8 Å². The first-order chi connectivity index (χ1) is 7.75. The summed E-state index contributed by atoms with van der Waals surface area (Å²) in [4.78, 5) is 18.9. The lowest BCUT2D eigenvalue weighted by atomic mass is 10.4. The Balaban J connectivity index is 2.20. The molecule has 1 aliphatic rings. The number of hydrogen-bond donors (Lipinski definition) is 1. The first-order valence-electron chi connectivity index (χ1n) is 4.53. The molecule has 16 heavy (non-hydrogen) atoms. The highest BCUT2D eigenvalue weighted by molar-refractivity contribution is 7.98. The van der Waals surface area contributed by atoms with Crippen LogP contribution >= 0.6 is 11.8 Å². The number of hydrogen-bond acceptors (Lipinski definition) is 5. The molecule has 6 nitrogen and oxygen atoms in total. The standard InChI is InChI=1S/C9H6N4O2S/c14-9(15)7-11-6-4-16-8-5(13(6)12-7)2-1-3-10-8/h1-3H,4H2,(H,14,15). The van der Waals surface area contributed by atoms with Gasteiger partial charge in [-0.25, -0.2) is 19.4 Å². The molecule has 0 spiro atoms. The van der Waals surface area contributed by atoms with Crippen LogP contribution in [0.15, 0.2) is 23.4 Å². The molecule has 0 saturated heterocycles. The summed E-state index contributed by atoms with van der Waals surface area (Å²) in [6.45, 7) is 0. The summed E-state index contributed by atoms with van der Waals surface area (Å²) in [7, 11) is 0. The van der Waals surface area contributed by atoms with E-state index in [-0.39, 0.29) is 5.82 Å². The largest absolute Gasteiger partial charge is 0.475 e. The second-order valence-corrected chi connectivity index (χ2v) is 4.15. The number of fused-ring (bicyclic) bond motifs is 3. The van der Waals surface area contributed by atoms with Crippen LogP contribution in [0.5, 0.6) is 0 Å². The van der Waals surface area contributed by atoms with Crippen molar-refractivity contribution in [3.8, 4) is 5.69 Å². The normalized spacial score (nSPS) is 13.0. The minimum atomic E-state index is -1.11. The maximum atomic E-state index is 10.8. The lowest BCUT2D eigenvalue weighted by Gasteiger charge is -2.13. The lowest BCUT2D eigenvalue weighted by Crippen LogP contribution is -2.09. The van der Waals surface area contributed by atoms with Gasteiger partial charge < -0.3 is 5.11 Å². The number of carboxylic acid groups (broad SMARTS) is 1. The van der Waals surface area contributed by atoms with E-state index in [1.807, 2.05) is 6.07 Å². The highest BCUT2D eigenvalue weighted by atomic mass is 32.2. The summed E-state index contributed by atoms with van der Waals surface area (Å²) in [5.74, 6) is -0.0582. The van der Waals surface area contributed by atoms with Crippen LogP contribution in [0.1, 0.15) is 16.4 Å². The van der Waals surface area contributed by atoms with Gasteiger partial charge in [-0.2, -0.15) is 0 Å². The Labute approximate surface area is 94.3 Å². The molecule has 0 bridgehead atoms. The molecule has 80 valence electrons. The van der Waals surface area contributed by atoms with Crippen molar-refractivity contribution in [2.45, 2.75) is 10.8 Å². The van der Waals surface area contributed by atoms with Gasteiger partial charge in [0, 0.05) is 6.20 Å². The van der Waals surface area contributed by atoms with Crippen molar-refractivity contribution in [2.75, 3.05) is 0 Å². The molecular formula is C9H6N4O2S.